The van der Waals surface area contributed by atoms with E-state index >= 15 is 0 Å². The molecule has 3 aromatic carbocycles. The molecule has 0 bridgehead atoms. The SMILES string of the molecule is CC(C)C(NC(=O)c1ccc(Cl)c(Cl)c1)C(=O)NN=Cc1ccc(OCc2ccc(Br)cc2)c(Br)c1. The van der Waals surface area contributed by atoms with E-state index < -0.39 is 17.9 Å². The molecule has 0 aliphatic carbocycles. The third-order valence-corrected chi connectivity index (χ3v) is 6.96. The third-order valence-electron chi connectivity index (χ3n) is 5.07. The molecule has 0 aliphatic rings. The van der Waals surface area contributed by atoms with Crippen molar-refractivity contribution in [1.29, 1.82) is 0 Å². The third kappa shape index (κ3) is 8.06. The number of hydrogen-bond donors (Lipinski definition) is 2. The zero-order valence-corrected chi connectivity index (χ0v) is 24.1. The highest BCUT2D eigenvalue weighted by atomic mass is 79.9. The van der Waals surface area contributed by atoms with Gasteiger partial charge >= 0.3 is 0 Å². The number of ether oxygens (including phenoxy) is 1. The summed E-state index contributed by atoms with van der Waals surface area (Å²) < 4.78 is 7.64. The summed E-state index contributed by atoms with van der Waals surface area (Å²) in [5, 5.41) is 7.37. The summed E-state index contributed by atoms with van der Waals surface area (Å²) in [4.78, 5) is 25.3. The Kier molecular flexibility index (Phi) is 10.4. The van der Waals surface area contributed by atoms with E-state index in [2.05, 4.69) is 47.7 Å². The molecule has 0 saturated heterocycles. The first-order valence-corrected chi connectivity index (χ1v) is 13.2. The van der Waals surface area contributed by atoms with E-state index in [9.17, 15) is 9.59 Å². The maximum Gasteiger partial charge on any atom is 0.262 e. The molecule has 3 rings (SSSR count). The van der Waals surface area contributed by atoms with Crippen molar-refractivity contribution in [2.24, 2.45) is 11.0 Å². The van der Waals surface area contributed by atoms with Gasteiger partial charge in [-0.2, -0.15) is 5.10 Å². The molecule has 188 valence electrons. The van der Waals surface area contributed by atoms with E-state index in [0.29, 0.717) is 22.9 Å². The molecule has 0 aromatic heterocycles. The van der Waals surface area contributed by atoms with Gasteiger partial charge in [0.1, 0.15) is 18.4 Å². The lowest BCUT2D eigenvalue weighted by Crippen LogP contribution is -2.48. The van der Waals surface area contributed by atoms with Crippen molar-refractivity contribution in [2.45, 2.75) is 26.5 Å². The number of carbonyl (C=O) groups is 2. The molecule has 0 saturated carbocycles. The Hall–Kier alpha value is -2.39. The summed E-state index contributed by atoms with van der Waals surface area (Å²) in [6.07, 6.45) is 1.51. The fourth-order valence-corrected chi connectivity index (χ4v) is 4.17. The number of amides is 2. The normalized spacial score (nSPS) is 12.0. The molecule has 0 spiro atoms. The van der Waals surface area contributed by atoms with Gasteiger partial charge in [0.25, 0.3) is 11.8 Å². The first-order valence-electron chi connectivity index (χ1n) is 10.9. The number of halogens is 4. The van der Waals surface area contributed by atoms with Crippen molar-refractivity contribution >= 4 is 73.1 Å². The van der Waals surface area contributed by atoms with Crippen LogP contribution in [0.3, 0.4) is 0 Å². The number of benzene rings is 3. The second-order valence-corrected chi connectivity index (χ2v) is 10.7. The second kappa shape index (κ2) is 13.2. The Morgan fingerprint density at radius 2 is 1.72 bits per heavy atom. The van der Waals surface area contributed by atoms with Crippen LogP contribution in [0, 0.1) is 5.92 Å². The highest BCUT2D eigenvalue weighted by Crippen LogP contribution is 2.27. The van der Waals surface area contributed by atoms with E-state index in [4.69, 9.17) is 27.9 Å². The minimum absolute atomic E-state index is 0.178. The molecule has 6 nitrogen and oxygen atoms in total. The van der Waals surface area contributed by atoms with Crippen LogP contribution in [0.4, 0.5) is 0 Å². The lowest BCUT2D eigenvalue weighted by molar-refractivity contribution is -0.123. The van der Waals surface area contributed by atoms with E-state index in [1.54, 1.807) is 6.07 Å². The number of rotatable bonds is 9. The summed E-state index contributed by atoms with van der Waals surface area (Å²) in [5.74, 6) is -0.371. The number of carbonyl (C=O) groups excluding carboxylic acids is 2. The zero-order valence-electron chi connectivity index (χ0n) is 19.4. The quantitative estimate of drug-likeness (QED) is 0.192. The predicted molar refractivity (Wildman–Crippen MR) is 151 cm³/mol. The Morgan fingerprint density at radius 1 is 1.00 bits per heavy atom. The average Bonchev–Trinajstić information content (AvgIpc) is 2.84. The Balaban J connectivity index is 1.58. The minimum atomic E-state index is -0.801. The lowest BCUT2D eigenvalue weighted by atomic mass is 10.0. The topological polar surface area (TPSA) is 79.8 Å². The van der Waals surface area contributed by atoms with Crippen LogP contribution in [0.25, 0.3) is 0 Å². The largest absolute Gasteiger partial charge is 0.488 e. The molecule has 1 atom stereocenters. The Morgan fingerprint density at radius 3 is 2.36 bits per heavy atom. The average molecular weight is 656 g/mol. The predicted octanol–water partition coefficient (Wildman–Crippen LogP) is 7.00. The molecule has 0 aliphatic heterocycles. The van der Waals surface area contributed by atoms with E-state index in [1.807, 2.05) is 56.3 Å². The number of hydrazone groups is 1. The fraction of sp³-hybridized carbons (Fsp3) is 0.192. The van der Waals surface area contributed by atoms with Crippen molar-refractivity contribution in [3.63, 3.8) is 0 Å². The van der Waals surface area contributed by atoms with E-state index in [1.165, 1.54) is 18.3 Å². The van der Waals surface area contributed by atoms with Crippen LogP contribution in [-0.4, -0.2) is 24.1 Å². The molecule has 2 amide bonds. The van der Waals surface area contributed by atoms with Crippen LogP contribution in [-0.2, 0) is 11.4 Å². The molecular formula is C26H23Br2Cl2N3O3. The number of hydrogen-bond acceptors (Lipinski definition) is 4. The maximum absolute atomic E-state index is 12.7. The summed E-state index contributed by atoms with van der Waals surface area (Å²) in [6.45, 7) is 4.08. The van der Waals surface area contributed by atoms with Crippen LogP contribution in [0.5, 0.6) is 5.75 Å². The molecule has 0 fully saturated rings. The van der Waals surface area contributed by atoms with Gasteiger partial charge in [-0.1, -0.05) is 65.1 Å². The van der Waals surface area contributed by atoms with Gasteiger partial charge in [-0.15, -0.1) is 0 Å². The lowest BCUT2D eigenvalue weighted by Gasteiger charge is -2.20. The maximum atomic E-state index is 12.7. The van der Waals surface area contributed by atoms with Gasteiger partial charge in [-0.05, 0) is 81.5 Å². The highest BCUT2D eigenvalue weighted by Gasteiger charge is 2.24. The molecule has 1 unspecified atom stereocenters. The summed E-state index contributed by atoms with van der Waals surface area (Å²) in [5.41, 5.74) is 4.59. The van der Waals surface area contributed by atoms with Crippen molar-refractivity contribution in [3.05, 3.63) is 96.3 Å². The van der Waals surface area contributed by atoms with Gasteiger partial charge < -0.3 is 10.1 Å². The van der Waals surface area contributed by atoms with Gasteiger partial charge in [0.2, 0.25) is 0 Å². The molecule has 2 N–H and O–H groups in total. The first-order chi connectivity index (χ1) is 17.1. The van der Waals surface area contributed by atoms with Gasteiger partial charge in [0.05, 0.1) is 20.7 Å². The van der Waals surface area contributed by atoms with Gasteiger partial charge in [0, 0.05) is 10.0 Å². The van der Waals surface area contributed by atoms with Gasteiger partial charge in [-0.3, -0.25) is 9.59 Å². The Bertz CT molecular complexity index is 1270. The van der Waals surface area contributed by atoms with Crippen molar-refractivity contribution < 1.29 is 14.3 Å². The smallest absolute Gasteiger partial charge is 0.262 e. The van der Waals surface area contributed by atoms with Gasteiger partial charge in [0.15, 0.2) is 0 Å². The van der Waals surface area contributed by atoms with Crippen LogP contribution >= 0.6 is 55.1 Å². The first kappa shape index (κ1) is 28.2. The van der Waals surface area contributed by atoms with Crippen molar-refractivity contribution in [1.82, 2.24) is 10.7 Å². The molecule has 10 heteroatoms. The molecule has 0 heterocycles. The van der Waals surface area contributed by atoms with Crippen LogP contribution in [0.15, 0.2) is 74.7 Å². The summed E-state index contributed by atoms with van der Waals surface area (Å²) in [7, 11) is 0. The van der Waals surface area contributed by atoms with Gasteiger partial charge in [-0.25, -0.2) is 5.43 Å². The monoisotopic (exact) mass is 653 g/mol. The summed E-state index contributed by atoms with van der Waals surface area (Å²) in [6, 6.07) is 17.1. The van der Waals surface area contributed by atoms with E-state index in [0.717, 1.165) is 20.1 Å². The molecule has 0 radical (unpaired) electrons. The highest BCUT2D eigenvalue weighted by molar-refractivity contribution is 9.10. The van der Waals surface area contributed by atoms with Crippen LogP contribution in [0.2, 0.25) is 10.0 Å². The standard InChI is InChI=1S/C26H23Br2Cl2N3O3/c1-15(2)24(32-25(34)18-6-9-21(29)22(30)12-18)26(35)33-31-13-17-5-10-23(20(28)11-17)36-14-16-3-7-19(27)8-4-16/h3-13,15,24H,14H2,1-2H3,(H,32,34)(H,33,35). The minimum Gasteiger partial charge on any atom is -0.488 e. The number of nitrogens with one attached hydrogen (secondary N) is 2. The zero-order chi connectivity index (χ0) is 26.2. The molecule has 36 heavy (non-hydrogen) atoms. The summed E-state index contributed by atoms with van der Waals surface area (Å²) >= 11 is 18.8. The Labute approximate surface area is 236 Å². The van der Waals surface area contributed by atoms with Crippen LogP contribution in [0.1, 0.15) is 35.3 Å². The number of nitrogens with zero attached hydrogens (tertiary/aromatic N) is 1. The van der Waals surface area contributed by atoms with Crippen LogP contribution < -0.4 is 15.5 Å². The van der Waals surface area contributed by atoms with E-state index in [-0.39, 0.29) is 10.9 Å². The second-order valence-electron chi connectivity index (χ2n) is 8.16. The molecular weight excluding hydrogens is 633 g/mol. The fourth-order valence-electron chi connectivity index (χ4n) is 3.09. The van der Waals surface area contributed by atoms with Crippen molar-refractivity contribution in [2.75, 3.05) is 0 Å². The van der Waals surface area contributed by atoms with Crippen molar-refractivity contribution in [3.8, 4) is 5.75 Å². The molecule has 3 aromatic rings.